The van der Waals surface area contributed by atoms with Crippen molar-refractivity contribution < 1.29 is 27.5 Å². The second-order valence-corrected chi connectivity index (χ2v) is 7.91. The molecular weight excluding hydrogens is 461 g/mol. The van der Waals surface area contributed by atoms with Gasteiger partial charge in [-0.1, -0.05) is 42.5 Å². The Morgan fingerprint density at radius 3 is 2.20 bits per heavy atom. The van der Waals surface area contributed by atoms with Crippen molar-refractivity contribution in [3.63, 3.8) is 0 Å². The first kappa shape index (κ1) is 24.1. The summed E-state index contributed by atoms with van der Waals surface area (Å²) in [5.41, 5.74) is 0.123. The summed E-state index contributed by atoms with van der Waals surface area (Å²) in [6, 6.07) is 17.3. The number of hydrogen-bond donors (Lipinski definition) is 1. The van der Waals surface area contributed by atoms with Crippen molar-refractivity contribution in [3.05, 3.63) is 89.6 Å². The van der Waals surface area contributed by atoms with Gasteiger partial charge in [-0.15, -0.1) is 0 Å². The van der Waals surface area contributed by atoms with Crippen molar-refractivity contribution in [3.8, 4) is 5.88 Å². The molecule has 2 aromatic carbocycles. The molecule has 3 aromatic rings. The van der Waals surface area contributed by atoms with E-state index in [0.717, 1.165) is 11.6 Å². The number of pyridine rings is 1. The highest BCUT2D eigenvalue weighted by Gasteiger charge is 2.36. The fourth-order valence-corrected chi connectivity index (χ4v) is 3.67. The van der Waals surface area contributed by atoms with Crippen LogP contribution in [0.5, 0.6) is 5.88 Å². The Hall–Kier alpha value is -4.08. The van der Waals surface area contributed by atoms with Crippen LogP contribution in [0.4, 0.5) is 23.7 Å². The van der Waals surface area contributed by atoms with Crippen LogP contribution in [-0.4, -0.2) is 52.9 Å². The Balaban J connectivity index is 1.28. The van der Waals surface area contributed by atoms with Crippen LogP contribution in [0.1, 0.15) is 21.5 Å². The first-order valence-electron chi connectivity index (χ1n) is 11.0. The Labute approximate surface area is 200 Å². The molecule has 0 unspecified atom stereocenters. The van der Waals surface area contributed by atoms with Crippen LogP contribution in [0.25, 0.3) is 0 Å². The maximum Gasteiger partial charge on any atom is 0.417 e. The van der Waals surface area contributed by atoms with Crippen molar-refractivity contribution in [1.29, 1.82) is 0 Å². The molecule has 4 rings (SSSR count). The minimum absolute atomic E-state index is 0.128. The Bertz CT molecular complexity index is 1160. The summed E-state index contributed by atoms with van der Waals surface area (Å²) in [6.45, 7) is 1.01. The third-order valence-corrected chi connectivity index (χ3v) is 5.53. The minimum atomic E-state index is -4.62. The predicted molar refractivity (Wildman–Crippen MR) is 123 cm³/mol. The summed E-state index contributed by atoms with van der Waals surface area (Å²) >= 11 is 0. The van der Waals surface area contributed by atoms with Crippen LogP contribution in [0.3, 0.4) is 0 Å². The fourth-order valence-electron chi connectivity index (χ4n) is 3.67. The molecule has 0 bridgehead atoms. The molecule has 1 aliphatic heterocycles. The van der Waals surface area contributed by atoms with Gasteiger partial charge in [-0.2, -0.15) is 13.2 Å². The molecule has 0 atom stereocenters. The number of alkyl halides is 3. The maximum absolute atomic E-state index is 13.3. The number of nitrogens with zero attached hydrogens (tertiary/aromatic N) is 3. The van der Waals surface area contributed by atoms with E-state index in [0.29, 0.717) is 18.2 Å². The lowest BCUT2D eigenvalue weighted by Gasteiger charge is -2.35. The lowest BCUT2D eigenvalue weighted by atomic mass is 10.1. The smallest absolute Gasteiger partial charge is 0.417 e. The summed E-state index contributed by atoms with van der Waals surface area (Å²) in [4.78, 5) is 32.3. The summed E-state index contributed by atoms with van der Waals surface area (Å²) in [5.74, 6) is -0.286. The van der Waals surface area contributed by atoms with Crippen LogP contribution in [-0.2, 0) is 12.8 Å². The number of aromatic nitrogens is 1. The highest BCUT2D eigenvalue weighted by atomic mass is 19.4. The zero-order valence-electron chi connectivity index (χ0n) is 18.7. The quantitative estimate of drug-likeness (QED) is 0.571. The topological polar surface area (TPSA) is 74.8 Å². The predicted octanol–water partition coefficient (Wildman–Crippen LogP) is 4.67. The Morgan fingerprint density at radius 1 is 0.886 bits per heavy atom. The third kappa shape index (κ3) is 6.08. The van der Waals surface area contributed by atoms with Gasteiger partial charge >= 0.3 is 12.2 Å². The summed E-state index contributed by atoms with van der Waals surface area (Å²) in [7, 11) is 0. The first-order valence-corrected chi connectivity index (χ1v) is 11.0. The molecule has 1 fully saturated rings. The number of ether oxygens (including phenoxy) is 1. The van der Waals surface area contributed by atoms with Gasteiger partial charge in [-0.25, -0.2) is 9.78 Å². The third-order valence-electron chi connectivity index (χ3n) is 5.53. The van der Waals surface area contributed by atoms with E-state index in [1.165, 1.54) is 34.2 Å². The lowest BCUT2D eigenvalue weighted by Crippen LogP contribution is -2.51. The number of amides is 3. The molecule has 1 aromatic heterocycles. The fraction of sp³-hybridized carbons (Fsp3) is 0.240. The molecule has 2 heterocycles. The zero-order valence-corrected chi connectivity index (χ0v) is 18.7. The zero-order chi connectivity index (χ0) is 24.8. The summed E-state index contributed by atoms with van der Waals surface area (Å²) in [5, 5.41) is 2.73. The molecule has 0 saturated carbocycles. The Morgan fingerprint density at radius 2 is 1.54 bits per heavy atom. The second kappa shape index (κ2) is 10.5. The molecule has 0 spiro atoms. The molecular formula is C25H23F3N4O3. The van der Waals surface area contributed by atoms with Crippen LogP contribution in [0, 0.1) is 0 Å². The number of carbonyl (C=O) groups excluding carboxylic acids is 2. The standard InChI is InChI=1S/C25H23F3N4O3/c26-25(27,28)21-9-5-4-8-20(21)23(33)31-12-14-32(15-13-31)24(34)30-19-10-11-22(29-16-19)35-17-18-6-2-1-3-7-18/h1-11,16H,12-15,17H2,(H,30,34). The molecule has 3 amide bonds. The largest absolute Gasteiger partial charge is 0.473 e. The number of piperazine rings is 1. The van der Waals surface area contributed by atoms with Crippen molar-refractivity contribution in [2.75, 3.05) is 31.5 Å². The van der Waals surface area contributed by atoms with E-state index in [2.05, 4.69) is 10.3 Å². The van der Waals surface area contributed by atoms with E-state index in [1.807, 2.05) is 30.3 Å². The number of urea groups is 1. The highest BCUT2D eigenvalue weighted by molar-refractivity contribution is 5.96. The average Bonchev–Trinajstić information content (AvgIpc) is 2.88. The molecule has 0 radical (unpaired) electrons. The molecule has 35 heavy (non-hydrogen) atoms. The van der Waals surface area contributed by atoms with Gasteiger partial charge in [-0.3, -0.25) is 4.79 Å². The number of anilines is 1. The van der Waals surface area contributed by atoms with Crippen molar-refractivity contribution in [1.82, 2.24) is 14.8 Å². The highest BCUT2D eigenvalue weighted by Crippen LogP contribution is 2.32. The van der Waals surface area contributed by atoms with E-state index in [1.54, 1.807) is 12.1 Å². The number of nitrogens with one attached hydrogen (secondary N) is 1. The van der Waals surface area contributed by atoms with Gasteiger partial charge in [0.2, 0.25) is 5.88 Å². The first-order chi connectivity index (χ1) is 16.8. The van der Waals surface area contributed by atoms with Crippen LogP contribution >= 0.6 is 0 Å². The van der Waals surface area contributed by atoms with Crippen molar-refractivity contribution in [2.24, 2.45) is 0 Å². The van der Waals surface area contributed by atoms with E-state index in [4.69, 9.17) is 4.74 Å². The number of carbonyl (C=O) groups is 2. The molecule has 7 nitrogen and oxygen atoms in total. The van der Waals surface area contributed by atoms with Gasteiger partial charge in [0, 0.05) is 32.2 Å². The number of benzene rings is 2. The number of rotatable bonds is 5. The number of hydrogen-bond acceptors (Lipinski definition) is 4. The van der Waals surface area contributed by atoms with Gasteiger partial charge in [0.05, 0.1) is 23.0 Å². The van der Waals surface area contributed by atoms with Crippen LogP contribution < -0.4 is 10.1 Å². The molecule has 1 N–H and O–H groups in total. The van der Waals surface area contributed by atoms with Crippen LogP contribution in [0.15, 0.2) is 72.9 Å². The van der Waals surface area contributed by atoms with Crippen LogP contribution in [0.2, 0.25) is 0 Å². The molecule has 10 heteroatoms. The van der Waals surface area contributed by atoms with E-state index in [9.17, 15) is 22.8 Å². The molecule has 1 aliphatic rings. The monoisotopic (exact) mass is 484 g/mol. The van der Waals surface area contributed by atoms with E-state index < -0.39 is 23.2 Å². The van der Waals surface area contributed by atoms with E-state index in [-0.39, 0.29) is 32.2 Å². The van der Waals surface area contributed by atoms with Crippen molar-refractivity contribution in [2.45, 2.75) is 12.8 Å². The summed E-state index contributed by atoms with van der Waals surface area (Å²) < 4.78 is 45.4. The van der Waals surface area contributed by atoms with Gasteiger partial charge in [0.25, 0.3) is 5.91 Å². The Kier molecular flexibility index (Phi) is 7.19. The van der Waals surface area contributed by atoms with Gasteiger partial charge < -0.3 is 19.9 Å². The molecule has 1 saturated heterocycles. The average molecular weight is 484 g/mol. The van der Waals surface area contributed by atoms with Gasteiger partial charge in [0.1, 0.15) is 6.61 Å². The normalized spacial score (nSPS) is 13.9. The second-order valence-electron chi connectivity index (χ2n) is 7.91. The number of halogens is 3. The minimum Gasteiger partial charge on any atom is -0.473 e. The summed E-state index contributed by atoms with van der Waals surface area (Å²) in [6.07, 6.45) is -3.14. The van der Waals surface area contributed by atoms with E-state index >= 15 is 0 Å². The SMILES string of the molecule is O=C(Nc1ccc(OCc2ccccc2)nc1)N1CCN(C(=O)c2ccccc2C(F)(F)F)CC1. The molecule has 0 aliphatic carbocycles. The van der Waals surface area contributed by atoms with Crippen molar-refractivity contribution >= 4 is 17.6 Å². The lowest BCUT2D eigenvalue weighted by molar-refractivity contribution is -0.138. The van der Waals surface area contributed by atoms with Gasteiger partial charge in [-0.05, 0) is 23.8 Å². The maximum atomic E-state index is 13.3. The molecule has 182 valence electrons. The van der Waals surface area contributed by atoms with Gasteiger partial charge in [0.15, 0.2) is 0 Å².